The van der Waals surface area contributed by atoms with Gasteiger partial charge in [0.1, 0.15) is 5.65 Å². The van der Waals surface area contributed by atoms with E-state index in [2.05, 4.69) is 36.9 Å². The second-order valence-corrected chi connectivity index (χ2v) is 4.44. The largest absolute Gasteiger partial charge is 0.342 e. The van der Waals surface area contributed by atoms with E-state index in [1.54, 1.807) is 6.20 Å². The third kappa shape index (κ3) is 1.81. The number of hydrogen-bond acceptors (Lipinski definition) is 2. The predicted molar refractivity (Wildman–Crippen MR) is 61.2 cm³/mol. The Bertz CT molecular complexity index is 448. The molecule has 1 N–H and O–H groups in total. The Labute approximate surface area is 91.3 Å². The fourth-order valence-corrected chi connectivity index (χ4v) is 1.90. The summed E-state index contributed by atoms with van der Waals surface area (Å²) in [5.41, 5.74) is 2.13. The molecule has 0 aliphatic carbocycles. The molecule has 0 saturated heterocycles. The molecule has 14 heavy (non-hydrogen) atoms. The van der Waals surface area contributed by atoms with Crippen LogP contribution in [0.25, 0.3) is 11.0 Å². The molecule has 0 saturated carbocycles. The van der Waals surface area contributed by atoms with E-state index in [1.807, 2.05) is 20.2 Å². The number of fused-ring (bicyclic) bond motifs is 1. The molecule has 2 heterocycles. The Kier molecular flexibility index (Phi) is 2.56. The van der Waals surface area contributed by atoms with Crippen LogP contribution in [-0.4, -0.2) is 29.0 Å². The summed E-state index contributed by atoms with van der Waals surface area (Å²) < 4.78 is 1.09. The molecule has 0 radical (unpaired) electrons. The van der Waals surface area contributed by atoms with Crippen molar-refractivity contribution in [2.24, 2.45) is 0 Å². The Hall–Kier alpha value is -0.870. The number of H-pyrrole nitrogens is 1. The number of aromatic nitrogens is 2. The summed E-state index contributed by atoms with van der Waals surface area (Å²) in [6.07, 6.45) is 1.79. The highest BCUT2D eigenvalue weighted by molar-refractivity contribution is 9.10. The molecule has 2 aromatic heterocycles. The van der Waals surface area contributed by atoms with E-state index < -0.39 is 0 Å². The number of hydrogen-bond donors (Lipinski definition) is 1. The Morgan fingerprint density at radius 2 is 2.29 bits per heavy atom. The average molecular weight is 254 g/mol. The van der Waals surface area contributed by atoms with Gasteiger partial charge in [0.15, 0.2) is 0 Å². The fourth-order valence-electron chi connectivity index (χ4n) is 1.47. The average Bonchev–Trinajstić information content (AvgIpc) is 2.47. The van der Waals surface area contributed by atoms with Gasteiger partial charge in [-0.2, -0.15) is 0 Å². The van der Waals surface area contributed by atoms with Gasteiger partial charge in [-0.15, -0.1) is 0 Å². The first-order valence-electron chi connectivity index (χ1n) is 4.43. The SMILES string of the molecule is CN(C)Cc1cc2c(Br)ccnc2[nH]1. The van der Waals surface area contributed by atoms with Crippen molar-refractivity contribution in [2.45, 2.75) is 6.54 Å². The van der Waals surface area contributed by atoms with Crippen LogP contribution < -0.4 is 0 Å². The van der Waals surface area contributed by atoms with Crippen LogP contribution >= 0.6 is 15.9 Å². The van der Waals surface area contributed by atoms with Gasteiger partial charge in [-0.3, -0.25) is 0 Å². The molecule has 0 aliphatic rings. The molecule has 0 spiro atoms. The van der Waals surface area contributed by atoms with Crippen LogP contribution in [0.5, 0.6) is 0 Å². The van der Waals surface area contributed by atoms with E-state index in [1.165, 1.54) is 5.69 Å². The Morgan fingerprint density at radius 3 is 2.93 bits per heavy atom. The lowest BCUT2D eigenvalue weighted by atomic mass is 10.3. The number of halogens is 1. The Balaban J connectivity index is 2.46. The minimum Gasteiger partial charge on any atom is -0.342 e. The van der Waals surface area contributed by atoms with Gasteiger partial charge in [-0.1, -0.05) is 0 Å². The molecular formula is C10H12BrN3. The third-order valence-corrected chi connectivity index (χ3v) is 2.71. The molecule has 3 nitrogen and oxygen atoms in total. The van der Waals surface area contributed by atoms with Crippen molar-refractivity contribution in [3.05, 3.63) is 28.5 Å². The predicted octanol–water partition coefficient (Wildman–Crippen LogP) is 2.39. The molecule has 0 aromatic carbocycles. The van der Waals surface area contributed by atoms with E-state index in [-0.39, 0.29) is 0 Å². The molecule has 4 heteroatoms. The summed E-state index contributed by atoms with van der Waals surface area (Å²) >= 11 is 3.50. The second-order valence-electron chi connectivity index (χ2n) is 3.59. The molecule has 0 fully saturated rings. The van der Waals surface area contributed by atoms with Gasteiger partial charge < -0.3 is 9.88 Å². The fraction of sp³-hybridized carbons (Fsp3) is 0.300. The zero-order valence-electron chi connectivity index (χ0n) is 8.21. The van der Waals surface area contributed by atoms with E-state index >= 15 is 0 Å². The van der Waals surface area contributed by atoms with Gasteiger partial charge in [-0.05, 0) is 42.2 Å². The van der Waals surface area contributed by atoms with E-state index in [4.69, 9.17) is 0 Å². The van der Waals surface area contributed by atoms with Crippen molar-refractivity contribution >= 4 is 27.0 Å². The van der Waals surface area contributed by atoms with Crippen LogP contribution in [0.1, 0.15) is 5.69 Å². The zero-order valence-corrected chi connectivity index (χ0v) is 9.80. The molecule has 0 amide bonds. The maximum atomic E-state index is 4.27. The zero-order chi connectivity index (χ0) is 10.1. The van der Waals surface area contributed by atoms with Gasteiger partial charge in [-0.25, -0.2) is 4.98 Å². The lowest BCUT2D eigenvalue weighted by Crippen LogP contribution is -2.10. The lowest BCUT2D eigenvalue weighted by molar-refractivity contribution is 0.398. The van der Waals surface area contributed by atoms with Crippen molar-refractivity contribution in [1.82, 2.24) is 14.9 Å². The summed E-state index contributed by atoms with van der Waals surface area (Å²) in [5.74, 6) is 0. The number of nitrogens with zero attached hydrogens (tertiary/aromatic N) is 2. The van der Waals surface area contributed by atoms with Crippen LogP contribution in [0.4, 0.5) is 0 Å². The standard InChI is InChI=1S/C10H12BrN3/c1-14(2)6-7-5-8-9(11)3-4-12-10(8)13-7/h3-5H,6H2,1-2H3,(H,12,13). The quantitative estimate of drug-likeness (QED) is 0.892. The summed E-state index contributed by atoms with van der Waals surface area (Å²) in [6.45, 7) is 0.906. The highest BCUT2D eigenvalue weighted by Crippen LogP contribution is 2.22. The Morgan fingerprint density at radius 1 is 1.50 bits per heavy atom. The molecule has 0 bridgehead atoms. The van der Waals surface area contributed by atoms with Crippen molar-refractivity contribution in [2.75, 3.05) is 14.1 Å². The molecule has 0 unspecified atom stereocenters. The molecule has 0 aliphatic heterocycles. The smallest absolute Gasteiger partial charge is 0.138 e. The van der Waals surface area contributed by atoms with Crippen LogP contribution in [0.15, 0.2) is 22.8 Å². The van der Waals surface area contributed by atoms with Crippen LogP contribution in [0.2, 0.25) is 0 Å². The molecule has 74 valence electrons. The minimum atomic E-state index is 0.906. The first kappa shape index (κ1) is 9.68. The van der Waals surface area contributed by atoms with Crippen molar-refractivity contribution in [3.8, 4) is 0 Å². The van der Waals surface area contributed by atoms with Crippen molar-refractivity contribution < 1.29 is 0 Å². The first-order valence-corrected chi connectivity index (χ1v) is 5.23. The maximum absolute atomic E-state index is 4.27. The summed E-state index contributed by atoms with van der Waals surface area (Å²) in [6, 6.07) is 4.09. The number of nitrogens with one attached hydrogen (secondary N) is 1. The summed E-state index contributed by atoms with van der Waals surface area (Å²) in [7, 11) is 4.10. The van der Waals surface area contributed by atoms with E-state index in [9.17, 15) is 0 Å². The summed E-state index contributed by atoms with van der Waals surface area (Å²) in [4.78, 5) is 9.67. The van der Waals surface area contributed by atoms with Gasteiger partial charge in [0, 0.05) is 28.3 Å². The van der Waals surface area contributed by atoms with Gasteiger partial charge in [0.25, 0.3) is 0 Å². The van der Waals surface area contributed by atoms with Crippen LogP contribution in [0.3, 0.4) is 0 Å². The lowest BCUT2D eigenvalue weighted by Gasteiger charge is -2.06. The molecule has 2 aromatic rings. The van der Waals surface area contributed by atoms with Gasteiger partial charge >= 0.3 is 0 Å². The third-order valence-electron chi connectivity index (χ3n) is 2.02. The van der Waals surface area contributed by atoms with Crippen molar-refractivity contribution in [1.29, 1.82) is 0 Å². The minimum absolute atomic E-state index is 0.906. The van der Waals surface area contributed by atoms with Gasteiger partial charge in [0.05, 0.1) is 0 Å². The van der Waals surface area contributed by atoms with E-state index in [0.717, 1.165) is 22.1 Å². The highest BCUT2D eigenvalue weighted by Gasteiger charge is 2.04. The highest BCUT2D eigenvalue weighted by atomic mass is 79.9. The topological polar surface area (TPSA) is 31.9 Å². The first-order chi connectivity index (χ1) is 6.66. The summed E-state index contributed by atoms with van der Waals surface area (Å²) in [5, 5.41) is 1.14. The van der Waals surface area contributed by atoms with Crippen molar-refractivity contribution in [3.63, 3.8) is 0 Å². The normalized spacial score (nSPS) is 11.4. The molecular weight excluding hydrogens is 242 g/mol. The maximum Gasteiger partial charge on any atom is 0.138 e. The monoisotopic (exact) mass is 253 g/mol. The van der Waals surface area contributed by atoms with Crippen LogP contribution in [0, 0.1) is 0 Å². The second kappa shape index (κ2) is 3.71. The molecule has 2 rings (SSSR count). The molecule has 0 atom stereocenters. The van der Waals surface area contributed by atoms with Gasteiger partial charge in [0.2, 0.25) is 0 Å². The number of rotatable bonds is 2. The van der Waals surface area contributed by atoms with E-state index in [0.29, 0.717) is 0 Å². The van der Waals surface area contributed by atoms with Crippen LogP contribution in [-0.2, 0) is 6.54 Å². The number of aromatic amines is 1. The number of pyridine rings is 1.